The van der Waals surface area contributed by atoms with Gasteiger partial charge in [-0.25, -0.2) is 0 Å². The topological polar surface area (TPSA) is 101 Å². The lowest BCUT2D eigenvalue weighted by Gasteiger charge is -2.15. The van der Waals surface area contributed by atoms with Gasteiger partial charge < -0.3 is 24.4 Å². The van der Waals surface area contributed by atoms with E-state index in [0.29, 0.717) is 28.4 Å². The fraction of sp³-hybridized carbons (Fsp3) is 0.158. The van der Waals surface area contributed by atoms with Crippen molar-refractivity contribution in [3.05, 3.63) is 52.2 Å². The highest BCUT2D eigenvalue weighted by Gasteiger charge is 2.23. The number of rotatable bonds is 5. The minimum Gasteiger partial charge on any atom is -0.493 e. The van der Waals surface area contributed by atoms with Crippen molar-refractivity contribution < 1.29 is 23.4 Å². The van der Waals surface area contributed by atoms with Gasteiger partial charge in [0.2, 0.25) is 11.2 Å². The zero-order chi connectivity index (χ0) is 18.8. The van der Waals surface area contributed by atoms with Crippen LogP contribution in [0.15, 0.2) is 45.6 Å². The van der Waals surface area contributed by atoms with E-state index in [-0.39, 0.29) is 16.7 Å². The van der Waals surface area contributed by atoms with Crippen molar-refractivity contribution in [2.75, 3.05) is 21.3 Å². The number of hydrogen-bond acceptors (Lipinski definition) is 6. The van der Waals surface area contributed by atoms with Crippen LogP contribution >= 0.6 is 0 Å². The quantitative estimate of drug-likeness (QED) is 0.755. The molecule has 0 atom stereocenters. The monoisotopic (exact) mass is 355 g/mol. The largest absolute Gasteiger partial charge is 0.493 e. The second-order valence-electron chi connectivity index (χ2n) is 5.41. The summed E-state index contributed by atoms with van der Waals surface area (Å²) in [6, 6.07) is 9.80. The molecule has 0 unspecified atom stereocenters. The first-order valence-corrected chi connectivity index (χ1v) is 7.67. The van der Waals surface area contributed by atoms with Crippen molar-refractivity contribution >= 4 is 16.9 Å². The van der Waals surface area contributed by atoms with Gasteiger partial charge in [-0.2, -0.15) is 0 Å². The van der Waals surface area contributed by atoms with E-state index in [0.717, 1.165) is 0 Å². The smallest absolute Gasteiger partial charge is 0.256 e. The van der Waals surface area contributed by atoms with E-state index in [9.17, 15) is 9.59 Å². The van der Waals surface area contributed by atoms with Crippen LogP contribution < -0.4 is 25.4 Å². The third-order valence-electron chi connectivity index (χ3n) is 3.97. The fourth-order valence-electron chi connectivity index (χ4n) is 2.78. The van der Waals surface area contributed by atoms with Crippen LogP contribution in [0.5, 0.6) is 17.2 Å². The van der Waals surface area contributed by atoms with Crippen molar-refractivity contribution in [1.29, 1.82) is 0 Å². The van der Waals surface area contributed by atoms with Gasteiger partial charge in [-0.3, -0.25) is 9.59 Å². The molecule has 134 valence electrons. The summed E-state index contributed by atoms with van der Waals surface area (Å²) in [5, 5.41) is 0.275. The molecule has 0 aliphatic carbocycles. The number of carbonyl (C=O) groups is 1. The average molecular weight is 355 g/mol. The summed E-state index contributed by atoms with van der Waals surface area (Å²) < 4.78 is 21.8. The van der Waals surface area contributed by atoms with Crippen molar-refractivity contribution in [2.45, 2.75) is 0 Å². The first kappa shape index (κ1) is 17.3. The van der Waals surface area contributed by atoms with E-state index in [1.54, 1.807) is 36.4 Å². The minimum atomic E-state index is -0.881. The van der Waals surface area contributed by atoms with Crippen LogP contribution in [-0.2, 0) is 0 Å². The van der Waals surface area contributed by atoms with E-state index in [2.05, 4.69) is 0 Å². The maximum atomic E-state index is 12.7. The highest BCUT2D eigenvalue weighted by Crippen LogP contribution is 2.41. The van der Waals surface area contributed by atoms with Gasteiger partial charge in [0, 0.05) is 5.56 Å². The van der Waals surface area contributed by atoms with Gasteiger partial charge >= 0.3 is 0 Å². The minimum absolute atomic E-state index is 0.0421. The summed E-state index contributed by atoms with van der Waals surface area (Å²) >= 11 is 0. The molecule has 0 spiro atoms. The number of primary amides is 1. The molecule has 26 heavy (non-hydrogen) atoms. The van der Waals surface area contributed by atoms with E-state index < -0.39 is 11.3 Å². The highest BCUT2D eigenvalue weighted by molar-refractivity contribution is 6.01. The standard InChI is InChI=1S/C19H17NO6/c1-23-13-8-10(9-14(24-2)18(13)25-3)17-15(19(20)22)16(21)11-6-4-5-7-12(11)26-17/h4-9H,1-3H3,(H2,20,22). The Morgan fingerprint density at radius 3 is 2.15 bits per heavy atom. The molecule has 0 fully saturated rings. The molecular weight excluding hydrogens is 338 g/mol. The molecule has 0 saturated heterocycles. The van der Waals surface area contributed by atoms with Gasteiger partial charge in [0.25, 0.3) is 5.91 Å². The molecule has 0 saturated carbocycles. The van der Waals surface area contributed by atoms with E-state index in [1.807, 2.05) is 0 Å². The SMILES string of the molecule is COc1cc(-c2oc3ccccc3c(=O)c2C(N)=O)cc(OC)c1OC. The van der Waals surface area contributed by atoms with Gasteiger partial charge in [0.1, 0.15) is 11.1 Å². The lowest BCUT2D eigenvalue weighted by molar-refractivity contribution is 0.0998. The normalized spacial score (nSPS) is 10.6. The first-order chi connectivity index (χ1) is 12.5. The third kappa shape index (κ3) is 2.73. The number of hydrogen-bond donors (Lipinski definition) is 1. The molecule has 7 heteroatoms. The van der Waals surface area contributed by atoms with Crippen molar-refractivity contribution in [3.8, 4) is 28.6 Å². The molecule has 2 aromatic carbocycles. The van der Waals surface area contributed by atoms with E-state index in [4.69, 9.17) is 24.4 Å². The van der Waals surface area contributed by atoms with Crippen molar-refractivity contribution in [3.63, 3.8) is 0 Å². The maximum Gasteiger partial charge on any atom is 0.256 e. The Bertz CT molecular complexity index is 1030. The number of nitrogens with two attached hydrogens (primary N) is 1. The predicted octanol–water partition coefficient (Wildman–Crippen LogP) is 2.58. The van der Waals surface area contributed by atoms with Crippen LogP contribution in [0.3, 0.4) is 0 Å². The number of fused-ring (bicyclic) bond motifs is 1. The number of amides is 1. The zero-order valence-electron chi connectivity index (χ0n) is 14.5. The van der Waals surface area contributed by atoms with Gasteiger partial charge in [-0.15, -0.1) is 0 Å². The fourth-order valence-corrected chi connectivity index (χ4v) is 2.78. The van der Waals surface area contributed by atoms with Crippen LogP contribution in [-0.4, -0.2) is 27.2 Å². The Labute approximate surface area is 148 Å². The van der Waals surface area contributed by atoms with E-state index >= 15 is 0 Å². The molecule has 1 aromatic heterocycles. The number of benzene rings is 2. The molecule has 1 amide bonds. The Hall–Kier alpha value is -3.48. The molecule has 0 aliphatic heterocycles. The second kappa shape index (κ2) is 6.79. The van der Waals surface area contributed by atoms with Gasteiger partial charge in [0.15, 0.2) is 17.3 Å². The van der Waals surface area contributed by atoms with Crippen LogP contribution in [0.25, 0.3) is 22.3 Å². The molecule has 7 nitrogen and oxygen atoms in total. The van der Waals surface area contributed by atoms with Gasteiger partial charge in [-0.05, 0) is 24.3 Å². The molecule has 3 rings (SSSR count). The molecule has 0 aliphatic rings. The molecule has 0 bridgehead atoms. The third-order valence-corrected chi connectivity index (χ3v) is 3.97. The summed E-state index contributed by atoms with van der Waals surface area (Å²) in [6.07, 6.45) is 0. The predicted molar refractivity (Wildman–Crippen MR) is 96.1 cm³/mol. The van der Waals surface area contributed by atoms with Gasteiger partial charge in [-0.1, -0.05) is 12.1 Å². The number of methoxy groups -OCH3 is 3. The summed E-state index contributed by atoms with van der Waals surface area (Å²) in [5.41, 5.74) is 5.46. The zero-order valence-corrected chi connectivity index (χ0v) is 14.5. The van der Waals surface area contributed by atoms with Crippen LogP contribution in [0.4, 0.5) is 0 Å². The van der Waals surface area contributed by atoms with Crippen molar-refractivity contribution in [1.82, 2.24) is 0 Å². The highest BCUT2D eigenvalue weighted by atomic mass is 16.5. The Balaban J connectivity index is 2.40. The van der Waals surface area contributed by atoms with Crippen molar-refractivity contribution in [2.24, 2.45) is 5.73 Å². The second-order valence-corrected chi connectivity index (χ2v) is 5.41. The summed E-state index contributed by atoms with van der Waals surface area (Å²) in [6.45, 7) is 0. The first-order valence-electron chi connectivity index (χ1n) is 7.67. The Kier molecular flexibility index (Phi) is 4.53. The Morgan fingerprint density at radius 2 is 1.62 bits per heavy atom. The molecule has 1 heterocycles. The molecule has 2 N–H and O–H groups in total. The molecule has 0 radical (unpaired) electrons. The van der Waals surface area contributed by atoms with Gasteiger partial charge in [0.05, 0.1) is 26.7 Å². The Morgan fingerprint density at radius 1 is 1.00 bits per heavy atom. The molecule has 3 aromatic rings. The number of carbonyl (C=O) groups excluding carboxylic acids is 1. The van der Waals surface area contributed by atoms with Crippen LogP contribution in [0.1, 0.15) is 10.4 Å². The summed E-state index contributed by atoms with van der Waals surface area (Å²) in [7, 11) is 4.41. The number of para-hydroxylation sites is 1. The lowest BCUT2D eigenvalue weighted by atomic mass is 10.0. The number of ether oxygens (including phenoxy) is 3. The summed E-state index contributed by atoms with van der Waals surface area (Å²) in [4.78, 5) is 24.7. The molecular formula is C19H17NO6. The summed E-state index contributed by atoms with van der Waals surface area (Å²) in [5.74, 6) is 0.248. The van der Waals surface area contributed by atoms with Crippen LogP contribution in [0.2, 0.25) is 0 Å². The lowest BCUT2D eigenvalue weighted by Crippen LogP contribution is -2.23. The van der Waals surface area contributed by atoms with E-state index in [1.165, 1.54) is 21.3 Å². The maximum absolute atomic E-state index is 12.7. The van der Waals surface area contributed by atoms with Crippen LogP contribution in [0, 0.1) is 0 Å². The average Bonchev–Trinajstić information content (AvgIpc) is 2.66.